The van der Waals surface area contributed by atoms with E-state index in [-0.39, 0.29) is 17.1 Å². The molecule has 0 aromatic rings. The van der Waals surface area contributed by atoms with Crippen molar-refractivity contribution in [3.63, 3.8) is 0 Å². The van der Waals surface area contributed by atoms with Gasteiger partial charge in [-0.2, -0.15) is 0 Å². The molecule has 0 heterocycles. The van der Waals surface area contributed by atoms with Gasteiger partial charge >= 0.3 is 17.1 Å². The van der Waals surface area contributed by atoms with Crippen LogP contribution in [0.1, 0.15) is 0 Å². The zero-order valence-corrected chi connectivity index (χ0v) is 5.52. The van der Waals surface area contributed by atoms with Crippen molar-refractivity contribution in [1.82, 2.24) is 0 Å². The number of aliphatic hydroxyl groups excluding tert-OH is 3. The Morgan fingerprint density at radius 2 is 0.700 bits per heavy atom. The summed E-state index contributed by atoms with van der Waals surface area (Å²) in [5.41, 5.74) is 0. The van der Waals surface area contributed by atoms with Crippen LogP contribution in [0.5, 0.6) is 0 Å². The summed E-state index contributed by atoms with van der Waals surface area (Å²) in [6.45, 7) is 1.50. The van der Waals surface area contributed by atoms with Crippen LogP contribution in [0.4, 0.5) is 0 Å². The second-order valence-electron chi connectivity index (χ2n) is 0.274. The van der Waals surface area contributed by atoms with Gasteiger partial charge in [-0.3, -0.25) is 0 Å². The number of hydrogen-bond donors (Lipinski definition) is 3. The quantitative estimate of drug-likeness (QED) is 0.328. The molecule has 7 heteroatoms. The van der Waals surface area contributed by atoms with E-state index in [1.165, 1.54) is 0 Å². The summed E-state index contributed by atoms with van der Waals surface area (Å²) in [5, 5.41) is 20.3. The molecule has 0 bridgehead atoms. The molecule has 0 aliphatic rings. The SMILES string of the molecule is O=[C-]O.O=[C-]O.O=[C-]O.[Fe+3]. The average molecular weight is 191 g/mol. The topological polar surface area (TPSA) is 112 Å². The molecule has 0 rings (SSSR count). The van der Waals surface area contributed by atoms with E-state index in [9.17, 15) is 0 Å². The van der Waals surface area contributed by atoms with Gasteiger partial charge in [-0.05, 0) is 0 Å². The molecule has 0 spiro atoms. The Morgan fingerprint density at radius 3 is 0.700 bits per heavy atom. The van der Waals surface area contributed by atoms with Crippen molar-refractivity contribution in [2.24, 2.45) is 0 Å². The fourth-order valence-corrected chi connectivity index (χ4v) is 0. The number of rotatable bonds is 0. The molecule has 0 aromatic heterocycles. The maximum atomic E-state index is 8.24. The normalized spacial score (nSPS) is 3.60. The van der Waals surface area contributed by atoms with E-state index in [1.54, 1.807) is 0 Å². The van der Waals surface area contributed by atoms with Crippen LogP contribution in [0.3, 0.4) is 0 Å². The first-order chi connectivity index (χ1) is 4.24. The summed E-state index contributed by atoms with van der Waals surface area (Å²) in [5.74, 6) is 0. The summed E-state index contributed by atoms with van der Waals surface area (Å²) in [4.78, 5) is 24.7. The van der Waals surface area contributed by atoms with Gasteiger partial charge in [0.2, 0.25) is 0 Å². The second kappa shape index (κ2) is 102. The van der Waals surface area contributed by atoms with E-state index in [2.05, 4.69) is 0 Å². The van der Waals surface area contributed by atoms with Crippen molar-refractivity contribution in [3.05, 3.63) is 0 Å². The molecule has 0 unspecified atom stereocenters. The fourth-order valence-electron chi connectivity index (χ4n) is 0. The van der Waals surface area contributed by atoms with E-state index in [4.69, 9.17) is 29.7 Å². The third kappa shape index (κ3) is 213. The van der Waals surface area contributed by atoms with E-state index >= 15 is 0 Å². The molecule has 0 aromatic carbocycles. The van der Waals surface area contributed by atoms with E-state index in [1.807, 2.05) is 0 Å². The summed E-state index contributed by atoms with van der Waals surface area (Å²) in [6.07, 6.45) is 0. The van der Waals surface area contributed by atoms with Gasteiger partial charge in [-0.25, -0.2) is 0 Å². The van der Waals surface area contributed by atoms with Crippen molar-refractivity contribution in [2.45, 2.75) is 0 Å². The Bertz CT molecular complexity index is 49.7. The van der Waals surface area contributed by atoms with Gasteiger partial charge in [-0.1, -0.05) is 19.4 Å². The standard InChI is InChI=1S/3CHO2.Fe/c3*2-1-3;/h3*(H,2,3);/q3*-1;+3. The first-order valence-corrected chi connectivity index (χ1v) is 1.28. The molecule has 0 aliphatic carbocycles. The van der Waals surface area contributed by atoms with Gasteiger partial charge in [0.1, 0.15) is 0 Å². The van der Waals surface area contributed by atoms with E-state index < -0.39 is 0 Å². The van der Waals surface area contributed by atoms with Gasteiger partial charge in [-0.15, -0.1) is 0 Å². The van der Waals surface area contributed by atoms with Crippen LogP contribution < -0.4 is 0 Å². The first kappa shape index (κ1) is 23.1. The third-order valence-corrected chi connectivity index (χ3v) is 0. The maximum Gasteiger partial charge on any atom is 3.00 e. The molecule has 0 fully saturated rings. The fraction of sp³-hybridized carbons (Fsp3) is 0. The van der Waals surface area contributed by atoms with E-state index in [0.29, 0.717) is 19.4 Å². The Kier molecular flexibility index (Phi) is 236. The minimum Gasteiger partial charge on any atom is -0.665 e. The number of hydrogen-bond acceptors (Lipinski definition) is 3. The molecular formula is C3H3FeO6. The first-order valence-electron chi connectivity index (χ1n) is 1.28. The molecule has 0 atom stereocenters. The average Bonchev–Trinajstić information content (AvgIpc) is 1.70. The van der Waals surface area contributed by atoms with E-state index in [0.717, 1.165) is 0 Å². The summed E-state index contributed by atoms with van der Waals surface area (Å²) >= 11 is 0. The molecule has 0 amide bonds. The molecule has 3 N–H and O–H groups in total. The minimum absolute atomic E-state index is 0. The van der Waals surface area contributed by atoms with Crippen LogP contribution in [0.2, 0.25) is 0 Å². The predicted molar refractivity (Wildman–Crippen MR) is 25.0 cm³/mol. The molecule has 0 saturated heterocycles. The summed E-state index contributed by atoms with van der Waals surface area (Å²) in [7, 11) is 0. The smallest absolute Gasteiger partial charge is 0.665 e. The second-order valence-corrected chi connectivity index (χ2v) is 0.274. The molecular weight excluding hydrogens is 188 g/mol. The van der Waals surface area contributed by atoms with Crippen LogP contribution in [-0.4, -0.2) is 34.7 Å². The van der Waals surface area contributed by atoms with Crippen molar-refractivity contribution < 1.29 is 46.8 Å². The van der Waals surface area contributed by atoms with Crippen LogP contribution in [0.15, 0.2) is 0 Å². The van der Waals surface area contributed by atoms with Gasteiger partial charge in [0, 0.05) is 0 Å². The molecule has 10 heavy (non-hydrogen) atoms. The van der Waals surface area contributed by atoms with Gasteiger partial charge in [0.15, 0.2) is 0 Å². The maximum absolute atomic E-state index is 8.24. The van der Waals surface area contributed by atoms with Crippen LogP contribution in [0.25, 0.3) is 0 Å². The third-order valence-electron chi connectivity index (χ3n) is 0. The van der Waals surface area contributed by atoms with Crippen molar-refractivity contribution in [2.75, 3.05) is 0 Å². The molecule has 0 saturated carbocycles. The minimum atomic E-state index is 0. The molecule has 59 valence electrons. The Morgan fingerprint density at radius 1 is 0.700 bits per heavy atom. The van der Waals surface area contributed by atoms with Gasteiger partial charge in [0.05, 0.1) is 0 Å². The largest absolute Gasteiger partial charge is 3.00 e. The van der Waals surface area contributed by atoms with Gasteiger partial charge < -0.3 is 29.7 Å². The zero-order chi connectivity index (χ0) is 8.12. The van der Waals surface area contributed by atoms with Crippen molar-refractivity contribution in [3.8, 4) is 0 Å². The van der Waals surface area contributed by atoms with Gasteiger partial charge in [0.25, 0.3) is 0 Å². The Balaban J connectivity index is -0.0000000257. The Labute approximate surface area is 66.9 Å². The molecule has 6 nitrogen and oxygen atoms in total. The van der Waals surface area contributed by atoms with Crippen LogP contribution in [0, 0.1) is 0 Å². The molecule has 1 radical (unpaired) electrons. The van der Waals surface area contributed by atoms with Crippen LogP contribution >= 0.6 is 0 Å². The molecule has 0 aliphatic heterocycles. The van der Waals surface area contributed by atoms with Crippen LogP contribution in [-0.2, 0) is 31.5 Å². The Hall–Kier alpha value is -1.07. The summed E-state index contributed by atoms with van der Waals surface area (Å²) in [6, 6.07) is 0. The predicted octanol–water partition coefficient (Wildman–Crippen LogP) is -1.17. The zero-order valence-electron chi connectivity index (χ0n) is 4.42. The monoisotopic (exact) mass is 191 g/mol. The van der Waals surface area contributed by atoms with Crippen molar-refractivity contribution in [1.29, 1.82) is 0 Å². The summed E-state index contributed by atoms with van der Waals surface area (Å²) < 4.78 is 0. The van der Waals surface area contributed by atoms with Crippen molar-refractivity contribution >= 4 is 19.4 Å².